The highest BCUT2D eigenvalue weighted by Crippen LogP contribution is 2.33. The second-order valence-corrected chi connectivity index (χ2v) is 8.77. The fraction of sp³-hybridized carbons (Fsp3) is 0.370. The Bertz CT molecular complexity index is 1200. The van der Waals surface area contributed by atoms with Gasteiger partial charge in [-0.1, -0.05) is 51.1 Å². The summed E-state index contributed by atoms with van der Waals surface area (Å²) in [6.45, 7) is 9.36. The molecule has 28 heavy (non-hydrogen) atoms. The van der Waals surface area contributed by atoms with Crippen LogP contribution in [0.1, 0.15) is 55.4 Å². The molecule has 0 fully saturated rings. The summed E-state index contributed by atoms with van der Waals surface area (Å²) in [6, 6.07) is 13.6. The van der Waals surface area contributed by atoms with Crippen molar-refractivity contribution >= 4 is 0 Å². The van der Waals surface area contributed by atoms with Gasteiger partial charge in [-0.2, -0.15) is 0 Å². The topological polar surface area (TPSA) is 3.88 Å². The first-order valence-corrected chi connectivity index (χ1v) is 9.78. The molecule has 0 saturated carbocycles. The van der Waals surface area contributed by atoms with Gasteiger partial charge in [0.1, 0.15) is 7.05 Å². The number of rotatable bonds is 3. The zero-order chi connectivity index (χ0) is 24.9. The van der Waals surface area contributed by atoms with Gasteiger partial charge < -0.3 is 0 Å². The lowest BCUT2D eigenvalue weighted by atomic mass is 9.86. The molecule has 3 aromatic rings. The molecule has 2 aromatic carbocycles. The third-order valence-electron chi connectivity index (χ3n) is 5.07. The molecule has 0 aliphatic heterocycles. The molecular formula is C27H34N+. The Hall–Kier alpha value is -2.41. The lowest BCUT2D eigenvalue weighted by molar-refractivity contribution is -0.660. The minimum Gasteiger partial charge on any atom is -0.201 e. The summed E-state index contributed by atoms with van der Waals surface area (Å²) in [5.74, 6) is 0. The fourth-order valence-electron chi connectivity index (χ4n) is 3.63. The Morgan fingerprint density at radius 2 is 1.57 bits per heavy atom. The molecule has 1 nitrogen and oxygen atoms in total. The summed E-state index contributed by atoms with van der Waals surface area (Å²) in [4.78, 5) is 0. The molecule has 0 bridgehead atoms. The summed E-state index contributed by atoms with van der Waals surface area (Å²) >= 11 is 0. The van der Waals surface area contributed by atoms with Crippen LogP contribution in [0.3, 0.4) is 0 Å². The van der Waals surface area contributed by atoms with Gasteiger partial charge in [-0.15, -0.1) is 0 Å². The van der Waals surface area contributed by atoms with E-state index in [4.69, 9.17) is 6.85 Å². The smallest absolute Gasteiger partial charge is 0.201 e. The first-order chi connectivity index (χ1) is 15.1. The van der Waals surface area contributed by atoms with Gasteiger partial charge in [0.25, 0.3) is 0 Å². The van der Waals surface area contributed by atoms with E-state index in [0.717, 1.165) is 33.5 Å². The molecule has 1 heterocycles. The van der Waals surface area contributed by atoms with Crippen molar-refractivity contribution in [2.75, 3.05) is 0 Å². The van der Waals surface area contributed by atoms with Crippen LogP contribution in [0.5, 0.6) is 0 Å². The summed E-state index contributed by atoms with van der Waals surface area (Å²) in [5.41, 5.74) is 6.70. The van der Waals surface area contributed by atoms with Gasteiger partial charge in [0.05, 0.1) is 0 Å². The summed E-state index contributed by atoms with van der Waals surface area (Å²) in [5, 5.41) is 0. The number of hydrogen-bond acceptors (Lipinski definition) is 0. The van der Waals surface area contributed by atoms with Crippen molar-refractivity contribution in [2.45, 2.75) is 54.8 Å². The molecule has 0 atom stereocenters. The van der Waals surface area contributed by atoms with E-state index in [2.05, 4.69) is 0 Å². The van der Waals surface area contributed by atoms with Crippen molar-refractivity contribution < 1.29 is 11.4 Å². The maximum atomic E-state index is 8.73. The summed E-state index contributed by atoms with van der Waals surface area (Å²) in [6.07, 6.45) is 0.375. The van der Waals surface area contributed by atoms with Crippen LogP contribution < -0.4 is 4.57 Å². The van der Waals surface area contributed by atoms with Gasteiger partial charge >= 0.3 is 0 Å². The van der Waals surface area contributed by atoms with E-state index in [9.17, 15) is 0 Å². The number of aryl methyl sites for hydroxylation is 5. The third kappa shape index (κ3) is 4.19. The molecule has 3 rings (SSSR count). The van der Waals surface area contributed by atoms with E-state index in [1.54, 1.807) is 6.07 Å². The second kappa shape index (κ2) is 7.54. The Balaban J connectivity index is 2.30. The highest BCUT2D eigenvalue weighted by atomic mass is 14.9. The summed E-state index contributed by atoms with van der Waals surface area (Å²) < 4.78 is 43.8. The molecule has 0 N–H and O–H groups in total. The standard InChI is InChI=1S/C27H34N/c1-18-11-9-10-12-23(18)24-15-25(21(4)13-20(24)3)26-14-19(2)22(17-28(26)8)16-27(5,6)7/h9-15,17H,16H2,1-8H3/q+1/i3D3,16D2. The molecule has 0 unspecified atom stereocenters. The predicted octanol–water partition coefficient (Wildman–Crippen LogP) is 6.67. The van der Waals surface area contributed by atoms with Gasteiger partial charge in [0.15, 0.2) is 6.20 Å². The van der Waals surface area contributed by atoms with Crippen LogP contribution in [0, 0.1) is 33.0 Å². The lowest BCUT2D eigenvalue weighted by Crippen LogP contribution is -2.32. The van der Waals surface area contributed by atoms with Gasteiger partial charge in [0, 0.05) is 24.0 Å². The van der Waals surface area contributed by atoms with E-state index in [0.29, 0.717) is 16.7 Å². The second-order valence-electron chi connectivity index (χ2n) is 8.77. The SMILES string of the molecule is [2H]C([2H])([2H])c1cc(C)c(-c2cc(C)c(C([2H])([2H])C(C)(C)C)c[n+]2C)cc1-c1ccccc1C. The number of pyridine rings is 1. The predicted molar refractivity (Wildman–Crippen MR) is 121 cm³/mol. The Morgan fingerprint density at radius 1 is 0.857 bits per heavy atom. The first-order valence-electron chi connectivity index (χ1n) is 12.3. The summed E-state index contributed by atoms with van der Waals surface area (Å²) in [7, 11) is 1.92. The van der Waals surface area contributed by atoms with Gasteiger partial charge in [0.2, 0.25) is 5.69 Å². The molecule has 0 saturated heterocycles. The highest BCUT2D eigenvalue weighted by Gasteiger charge is 2.20. The minimum absolute atomic E-state index is 0.345. The monoisotopic (exact) mass is 377 g/mol. The van der Waals surface area contributed by atoms with Crippen LogP contribution >= 0.6 is 0 Å². The molecule has 0 aliphatic rings. The largest absolute Gasteiger partial charge is 0.212 e. The van der Waals surface area contributed by atoms with Crippen molar-refractivity contribution in [2.24, 2.45) is 12.5 Å². The molecule has 1 heteroatoms. The van der Waals surface area contributed by atoms with E-state index in [-0.39, 0.29) is 0 Å². The van der Waals surface area contributed by atoms with Crippen molar-refractivity contribution in [3.8, 4) is 22.4 Å². The van der Waals surface area contributed by atoms with Crippen molar-refractivity contribution in [3.63, 3.8) is 0 Å². The van der Waals surface area contributed by atoms with Crippen molar-refractivity contribution in [1.82, 2.24) is 0 Å². The number of aromatic nitrogens is 1. The lowest BCUT2D eigenvalue weighted by Gasteiger charge is -2.19. The third-order valence-corrected chi connectivity index (χ3v) is 5.07. The first kappa shape index (κ1) is 14.6. The zero-order valence-corrected chi connectivity index (χ0v) is 18.1. The van der Waals surface area contributed by atoms with E-state index in [1.165, 1.54) is 0 Å². The van der Waals surface area contributed by atoms with Crippen LogP contribution in [0.4, 0.5) is 0 Å². The van der Waals surface area contributed by atoms with Gasteiger partial charge in [-0.05, 0) is 78.9 Å². The molecule has 0 spiro atoms. The molecule has 1 aromatic heterocycles. The van der Waals surface area contributed by atoms with Crippen molar-refractivity contribution in [1.29, 1.82) is 0 Å². The quantitative estimate of drug-likeness (QED) is 0.449. The van der Waals surface area contributed by atoms with Crippen molar-refractivity contribution in [3.05, 3.63) is 76.5 Å². The minimum atomic E-state index is -2.23. The van der Waals surface area contributed by atoms with Crippen LogP contribution in [0.25, 0.3) is 22.4 Å². The molecule has 0 aliphatic carbocycles. The zero-order valence-electron chi connectivity index (χ0n) is 23.1. The van der Waals surface area contributed by atoms with Crippen LogP contribution in [0.15, 0.2) is 48.7 Å². The van der Waals surface area contributed by atoms with E-state index in [1.807, 2.05) is 95.8 Å². The fourth-order valence-corrected chi connectivity index (χ4v) is 3.63. The highest BCUT2D eigenvalue weighted by molar-refractivity contribution is 5.77. The van der Waals surface area contributed by atoms with Crippen LogP contribution in [-0.2, 0) is 13.4 Å². The number of hydrogen-bond donors (Lipinski definition) is 0. The molecular weight excluding hydrogens is 338 g/mol. The molecule has 146 valence electrons. The van der Waals surface area contributed by atoms with Gasteiger partial charge in [-0.25, -0.2) is 4.57 Å². The van der Waals surface area contributed by atoms with E-state index >= 15 is 0 Å². The maximum absolute atomic E-state index is 8.73. The Labute approximate surface area is 178 Å². The Morgan fingerprint density at radius 3 is 2.21 bits per heavy atom. The van der Waals surface area contributed by atoms with Crippen LogP contribution in [0.2, 0.25) is 0 Å². The average Bonchev–Trinajstić information content (AvgIpc) is 2.68. The molecule has 0 radical (unpaired) electrons. The average molecular weight is 378 g/mol. The number of nitrogens with zero attached hydrogens (tertiary/aromatic N) is 1. The number of benzene rings is 2. The normalized spacial score (nSPS) is 15.3. The van der Waals surface area contributed by atoms with Gasteiger partial charge in [-0.3, -0.25) is 0 Å². The molecule has 0 amide bonds. The Kier molecular flexibility index (Phi) is 3.93. The maximum Gasteiger partial charge on any atom is 0.212 e. The van der Waals surface area contributed by atoms with Crippen LogP contribution in [-0.4, -0.2) is 0 Å². The van der Waals surface area contributed by atoms with E-state index < -0.39 is 18.6 Å².